The minimum Gasteiger partial charge on any atom is -0.326 e. The second-order valence-electron chi connectivity index (χ2n) is 4.88. The van der Waals surface area contributed by atoms with E-state index in [4.69, 9.17) is 21.0 Å². The van der Waals surface area contributed by atoms with E-state index in [0.29, 0.717) is 0 Å². The third kappa shape index (κ3) is 4.46. The van der Waals surface area contributed by atoms with E-state index in [0.717, 1.165) is 0 Å². The first kappa shape index (κ1) is 16.0. The lowest BCUT2D eigenvalue weighted by Gasteiger charge is -2.28. The molecule has 0 bridgehead atoms. The topological polar surface area (TPSA) is 95.2 Å². The number of rotatable bonds is 2. The Balaban J connectivity index is 0.000000321. The first-order valence-electron chi connectivity index (χ1n) is 6.15. The summed E-state index contributed by atoms with van der Waals surface area (Å²) >= 11 is 0. The lowest BCUT2D eigenvalue weighted by Crippen LogP contribution is -2.41. The average Bonchev–Trinajstić information content (AvgIpc) is 2.81. The largest absolute Gasteiger partial charge is 0.383 e. The van der Waals surface area contributed by atoms with Gasteiger partial charge in [0.2, 0.25) is 0 Å². The molecule has 0 aliphatic carbocycles. The van der Waals surface area contributed by atoms with Gasteiger partial charge in [-0.1, -0.05) is 6.92 Å². The summed E-state index contributed by atoms with van der Waals surface area (Å²) in [5.41, 5.74) is 0. The van der Waals surface area contributed by atoms with Crippen molar-refractivity contribution in [2.24, 2.45) is 0 Å². The van der Waals surface area contributed by atoms with E-state index < -0.39 is 6.15 Å². The number of hydrogen-bond donors (Lipinski definition) is 0. The van der Waals surface area contributed by atoms with Crippen LogP contribution in [0.5, 0.6) is 0 Å². The van der Waals surface area contributed by atoms with Crippen LogP contribution in [0.1, 0.15) is 26.2 Å². The van der Waals surface area contributed by atoms with Crippen molar-refractivity contribution >= 4 is 6.15 Å². The van der Waals surface area contributed by atoms with E-state index in [-0.39, 0.29) is 0 Å². The first-order chi connectivity index (χ1) is 8.51. The molecule has 0 N–H and O–H groups in total. The summed E-state index contributed by atoms with van der Waals surface area (Å²) in [6.45, 7) is 6.52. The average molecular weight is 243 g/mol. The molecule has 0 radical (unpaired) electrons. The van der Waals surface area contributed by atoms with E-state index >= 15 is 0 Å². The van der Waals surface area contributed by atoms with Crippen molar-refractivity contribution in [2.75, 3.05) is 26.7 Å². The van der Waals surface area contributed by atoms with Crippen molar-refractivity contribution in [1.82, 2.24) is 0 Å². The molecular formula is C12H18BN5. The number of nitriles is 4. The molecule has 1 aliphatic heterocycles. The maximum atomic E-state index is 8.09. The van der Waals surface area contributed by atoms with Crippen LogP contribution < -0.4 is 0 Å². The summed E-state index contributed by atoms with van der Waals surface area (Å²) in [7, 11) is 2.39. The molecule has 1 heterocycles. The predicted octanol–water partition coefficient (Wildman–Crippen LogP) is 1.32. The van der Waals surface area contributed by atoms with Crippen molar-refractivity contribution in [3.63, 3.8) is 0 Å². The second-order valence-corrected chi connectivity index (χ2v) is 4.88. The molecule has 18 heavy (non-hydrogen) atoms. The first-order valence-corrected chi connectivity index (χ1v) is 6.15. The summed E-state index contributed by atoms with van der Waals surface area (Å²) < 4.78 is 1.34. The van der Waals surface area contributed by atoms with Crippen LogP contribution in [-0.2, 0) is 0 Å². The predicted molar refractivity (Wildman–Crippen MR) is 68.5 cm³/mol. The third-order valence-corrected chi connectivity index (χ3v) is 3.18. The van der Waals surface area contributed by atoms with Gasteiger partial charge in [-0.15, -0.1) is 23.9 Å². The molecule has 5 nitrogen and oxygen atoms in total. The van der Waals surface area contributed by atoms with Crippen molar-refractivity contribution in [3.8, 4) is 23.9 Å². The highest BCUT2D eigenvalue weighted by atomic mass is 15.3. The SMILES string of the molecule is CCC[N+]1(C)CCCC1.N#C[B-](C#N)(C#N)C#N. The van der Waals surface area contributed by atoms with Gasteiger partial charge in [0.1, 0.15) is 0 Å². The number of nitrogens with zero attached hydrogens (tertiary/aromatic N) is 5. The quantitative estimate of drug-likeness (QED) is 0.539. The lowest BCUT2D eigenvalue weighted by molar-refractivity contribution is -0.897. The molecule has 0 aromatic heterocycles. The minimum atomic E-state index is -2.72. The normalized spacial score (nSPS) is 16.1. The highest BCUT2D eigenvalue weighted by molar-refractivity contribution is 7.05. The Hall–Kier alpha value is -2.02. The summed E-state index contributed by atoms with van der Waals surface area (Å²) in [5.74, 6) is 5.38. The molecule has 0 aromatic rings. The van der Waals surface area contributed by atoms with E-state index in [2.05, 4.69) is 14.0 Å². The zero-order chi connectivity index (χ0) is 14.1. The van der Waals surface area contributed by atoms with Gasteiger partial charge in [-0.05, 0) is 6.42 Å². The fourth-order valence-corrected chi connectivity index (χ4v) is 2.04. The number of hydrogen-bond acceptors (Lipinski definition) is 4. The second kappa shape index (κ2) is 7.34. The fourth-order valence-electron chi connectivity index (χ4n) is 2.04. The van der Waals surface area contributed by atoms with Crippen LogP contribution >= 0.6 is 0 Å². The van der Waals surface area contributed by atoms with Crippen molar-refractivity contribution < 1.29 is 4.48 Å². The van der Waals surface area contributed by atoms with E-state index in [1.165, 1.54) is 67.3 Å². The van der Waals surface area contributed by atoms with Gasteiger partial charge in [0.15, 0.2) is 0 Å². The van der Waals surface area contributed by atoms with Crippen LogP contribution in [0, 0.1) is 44.9 Å². The number of likely N-dealkylation sites (tertiary alicyclic amines) is 1. The van der Waals surface area contributed by atoms with E-state index in [1.807, 2.05) is 0 Å². The standard InChI is InChI=1S/C8H18N.C4BN4/c1-3-6-9(2)7-4-5-8-9;6-1-5(2-7,3-8)4-9/h3-8H2,1-2H3;/q+1;-1. The molecule has 0 saturated carbocycles. The van der Waals surface area contributed by atoms with Gasteiger partial charge in [0, 0.05) is 12.8 Å². The molecule has 1 fully saturated rings. The Morgan fingerprint density at radius 3 is 1.56 bits per heavy atom. The summed E-state index contributed by atoms with van der Waals surface area (Å²) in [4.78, 5) is 0. The molecule has 0 atom stereocenters. The summed E-state index contributed by atoms with van der Waals surface area (Å²) in [6.07, 6.45) is 1.53. The van der Waals surface area contributed by atoms with E-state index in [1.54, 1.807) is 0 Å². The maximum absolute atomic E-state index is 8.09. The zero-order valence-corrected chi connectivity index (χ0v) is 11.1. The maximum Gasteiger partial charge on any atom is 0.383 e. The molecule has 0 aromatic carbocycles. The highest BCUT2D eigenvalue weighted by Crippen LogP contribution is 2.15. The van der Waals surface area contributed by atoms with Gasteiger partial charge in [0.25, 0.3) is 0 Å². The number of quaternary nitrogens is 1. The van der Waals surface area contributed by atoms with Gasteiger partial charge in [0.05, 0.1) is 26.7 Å². The molecule has 0 unspecified atom stereocenters. The van der Waals surface area contributed by atoms with Crippen LogP contribution in [0.15, 0.2) is 0 Å². The van der Waals surface area contributed by atoms with Gasteiger partial charge in [-0.3, -0.25) is 0 Å². The van der Waals surface area contributed by atoms with Crippen molar-refractivity contribution in [2.45, 2.75) is 26.2 Å². The monoisotopic (exact) mass is 243 g/mol. The van der Waals surface area contributed by atoms with Crippen molar-refractivity contribution in [3.05, 3.63) is 0 Å². The Morgan fingerprint density at radius 2 is 1.33 bits per heavy atom. The molecule has 6 heteroatoms. The Kier molecular flexibility index (Phi) is 6.52. The summed E-state index contributed by atoms with van der Waals surface area (Å²) in [5, 5.41) is 32.3. The Morgan fingerprint density at radius 1 is 0.944 bits per heavy atom. The van der Waals surface area contributed by atoms with Crippen molar-refractivity contribution in [1.29, 1.82) is 21.0 Å². The zero-order valence-electron chi connectivity index (χ0n) is 11.1. The lowest BCUT2D eigenvalue weighted by atomic mass is 9.30. The van der Waals surface area contributed by atoms with Crippen LogP contribution in [0.25, 0.3) is 0 Å². The van der Waals surface area contributed by atoms with Gasteiger partial charge >= 0.3 is 6.15 Å². The van der Waals surface area contributed by atoms with Crippen LogP contribution in [0.3, 0.4) is 0 Å². The van der Waals surface area contributed by atoms with Gasteiger partial charge < -0.3 is 4.48 Å². The molecule has 1 saturated heterocycles. The Bertz CT molecular complexity index is 364. The molecule has 0 amide bonds. The minimum absolute atomic E-state index is 1.34. The molecule has 94 valence electrons. The smallest absolute Gasteiger partial charge is 0.326 e. The van der Waals surface area contributed by atoms with Crippen LogP contribution in [0.2, 0.25) is 0 Å². The van der Waals surface area contributed by atoms with E-state index in [9.17, 15) is 0 Å². The van der Waals surface area contributed by atoms with Crippen LogP contribution in [0.4, 0.5) is 0 Å². The third-order valence-electron chi connectivity index (χ3n) is 3.18. The highest BCUT2D eigenvalue weighted by Gasteiger charge is 2.24. The molecule has 0 spiro atoms. The van der Waals surface area contributed by atoms with Gasteiger partial charge in [-0.25, -0.2) is 21.0 Å². The van der Waals surface area contributed by atoms with Crippen LogP contribution in [-0.4, -0.2) is 37.3 Å². The van der Waals surface area contributed by atoms with Gasteiger partial charge in [-0.2, -0.15) is 0 Å². The fraction of sp³-hybridized carbons (Fsp3) is 0.667. The summed E-state index contributed by atoms with van der Waals surface area (Å²) in [6, 6.07) is 0. The molecular weight excluding hydrogens is 225 g/mol. The molecule has 1 aliphatic rings. The Labute approximate surface area is 109 Å². The molecule has 1 rings (SSSR count).